The van der Waals surface area contributed by atoms with Gasteiger partial charge in [0.15, 0.2) is 9.84 Å². The molecular formula is C15H13F3N2O4S. The summed E-state index contributed by atoms with van der Waals surface area (Å²) < 4.78 is 62.0. The molecule has 0 atom stereocenters. The fraction of sp³-hybridized carbons (Fsp3) is 0.200. The number of halogens is 3. The molecule has 0 spiro atoms. The molecule has 10 heteroatoms. The molecule has 0 radical (unpaired) electrons. The predicted octanol–water partition coefficient (Wildman–Crippen LogP) is 1.91. The van der Waals surface area contributed by atoms with Gasteiger partial charge < -0.3 is 9.88 Å². The van der Waals surface area contributed by atoms with Crippen molar-refractivity contribution in [2.24, 2.45) is 0 Å². The first-order valence-corrected chi connectivity index (χ1v) is 8.74. The Hall–Kier alpha value is -2.62. The number of alkyl halides is 3. The molecule has 2 aromatic rings. The van der Waals surface area contributed by atoms with Crippen LogP contribution in [0.15, 0.2) is 52.3 Å². The van der Waals surface area contributed by atoms with Crippen molar-refractivity contribution < 1.29 is 26.4 Å². The van der Waals surface area contributed by atoms with Crippen molar-refractivity contribution in [1.82, 2.24) is 4.57 Å². The number of benzene rings is 1. The zero-order valence-electron chi connectivity index (χ0n) is 12.9. The van der Waals surface area contributed by atoms with E-state index in [4.69, 9.17) is 0 Å². The van der Waals surface area contributed by atoms with Crippen LogP contribution in [0.4, 0.5) is 18.9 Å². The number of hydrogen-bond donors (Lipinski definition) is 1. The molecule has 0 bridgehead atoms. The number of aromatic nitrogens is 1. The van der Waals surface area contributed by atoms with Gasteiger partial charge in [-0.05, 0) is 18.2 Å². The Morgan fingerprint density at radius 1 is 1.16 bits per heavy atom. The van der Waals surface area contributed by atoms with Crippen LogP contribution < -0.4 is 10.9 Å². The van der Waals surface area contributed by atoms with Crippen LogP contribution >= 0.6 is 0 Å². The third kappa shape index (κ3) is 4.69. The van der Waals surface area contributed by atoms with Crippen LogP contribution in [0.1, 0.15) is 5.56 Å². The van der Waals surface area contributed by atoms with Crippen LogP contribution in [-0.4, -0.2) is 25.1 Å². The predicted molar refractivity (Wildman–Crippen MR) is 83.9 cm³/mol. The molecule has 0 saturated heterocycles. The second-order valence-electron chi connectivity index (χ2n) is 5.20. The third-order valence-corrected chi connectivity index (χ3v) is 4.34. The van der Waals surface area contributed by atoms with Crippen LogP contribution in [0.2, 0.25) is 0 Å². The van der Waals surface area contributed by atoms with E-state index in [1.807, 2.05) is 0 Å². The van der Waals surface area contributed by atoms with Crippen LogP contribution in [0.3, 0.4) is 0 Å². The minimum Gasteiger partial charge on any atom is -0.323 e. The summed E-state index contributed by atoms with van der Waals surface area (Å²) in [6, 6.07) is 6.89. The van der Waals surface area contributed by atoms with Crippen molar-refractivity contribution >= 4 is 21.4 Å². The van der Waals surface area contributed by atoms with E-state index in [1.54, 1.807) is 0 Å². The Balaban J connectivity index is 2.27. The lowest BCUT2D eigenvalue weighted by Crippen LogP contribution is -2.28. The molecule has 134 valence electrons. The highest BCUT2D eigenvalue weighted by Gasteiger charge is 2.31. The summed E-state index contributed by atoms with van der Waals surface area (Å²) in [5.41, 5.74) is -1.88. The zero-order valence-corrected chi connectivity index (χ0v) is 13.7. The maximum atomic E-state index is 12.7. The molecule has 0 fully saturated rings. The fourth-order valence-electron chi connectivity index (χ4n) is 2.06. The highest BCUT2D eigenvalue weighted by Crippen LogP contribution is 2.28. The second kappa shape index (κ2) is 6.71. The third-order valence-electron chi connectivity index (χ3n) is 3.19. The highest BCUT2D eigenvalue weighted by molar-refractivity contribution is 7.90. The zero-order chi connectivity index (χ0) is 18.8. The molecule has 1 aromatic carbocycles. The first-order chi connectivity index (χ1) is 11.5. The molecule has 1 aromatic heterocycles. The number of amides is 1. The smallest absolute Gasteiger partial charge is 0.323 e. The molecule has 2 rings (SSSR count). The van der Waals surface area contributed by atoms with E-state index < -0.39 is 39.6 Å². The van der Waals surface area contributed by atoms with Crippen molar-refractivity contribution in [3.8, 4) is 0 Å². The summed E-state index contributed by atoms with van der Waals surface area (Å²) in [5, 5.41) is 2.29. The quantitative estimate of drug-likeness (QED) is 0.886. The van der Waals surface area contributed by atoms with Crippen LogP contribution in [0, 0.1) is 0 Å². The number of hydrogen-bond acceptors (Lipinski definition) is 4. The monoisotopic (exact) mass is 374 g/mol. The van der Waals surface area contributed by atoms with Crippen molar-refractivity contribution in [3.63, 3.8) is 0 Å². The van der Waals surface area contributed by atoms with Crippen LogP contribution in [0.25, 0.3) is 0 Å². The molecule has 0 saturated carbocycles. The molecule has 1 heterocycles. The van der Waals surface area contributed by atoms with Crippen molar-refractivity contribution in [2.45, 2.75) is 17.6 Å². The van der Waals surface area contributed by atoms with Gasteiger partial charge in [0.2, 0.25) is 5.91 Å². The van der Waals surface area contributed by atoms with Gasteiger partial charge in [0.1, 0.15) is 6.54 Å². The maximum Gasteiger partial charge on any atom is 0.417 e. The Labute approximate surface area is 140 Å². The Morgan fingerprint density at radius 2 is 1.80 bits per heavy atom. The normalized spacial score (nSPS) is 12.0. The number of pyridine rings is 1. The molecule has 0 aliphatic rings. The summed E-state index contributed by atoms with van der Waals surface area (Å²) in [4.78, 5) is 23.5. The molecule has 25 heavy (non-hydrogen) atoms. The van der Waals surface area contributed by atoms with Gasteiger partial charge in [-0.1, -0.05) is 12.1 Å². The highest BCUT2D eigenvalue weighted by atomic mass is 32.2. The van der Waals surface area contributed by atoms with Gasteiger partial charge >= 0.3 is 6.18 Å². The summed E-state index contributed by atoms with van der Waals surface area (Å²) in [7, 11) is -3.62. The average molecular weight is 374 g/mol. The number of nitrogens with one attached hydrogen (secondary N) is 1. The summed E-state index contributed by atoms with van der Waals surface area (Å²) >= 11 is 0. The number of sulfone groups is 1. The van der Waals surface area contributed by atoms with Gasteiger partial charge in [-0.2, -0.15) is 13.2 Å². The van der Waals surface area contributed by atoms with E-state index >= 15 is 0 Å². The Morgan fingerprint density at radius 3 is 2.40 bits per heavy atom. The van der Waals surface area contributed by atoms with Crippen LogP contribution in [0.5, 0.6) is 0 Å². The molecule has 1 N–H and O–H groups in total. The lowest BCUT2D eigenvalue weighted by atomic mass is 10.2. The minimum absolute atomic E-state index is 0.0185. The van der Waals surface area contributed by atoms with E-state index in [9.17, 15) is 31.2 Å². The van der Waals surface area contributed by atoms with Gasteiger partial charge in [-0.15, -0.1) is 0 Å². The maximum absolute atomic E-state index is 12.7. The van der Waals surface area contributed by atoms with E-state index in [1.165, 1.54) is 24.3 Å². The Kier molecular flexibility index (Phi) is 5.02. The van der Waals surface area contributed by atoms with Crippen LogP contribution in [-0.2, 0) is 27.4 Å². The van der Waals surface area contributed by atoms with E-state index in [0.717, 1.165) is 6.26 Å². The molecular weight excluding hydrogens is 361 g/mol. The average Bonchev–Trinajstić information content (AvgIpc) is 2.47. The summed E-state index contributed by atoms with van der Waals surface area (Å²) in [6.45, 7) is -0.694. The second-order valence-corrected chi connectivity index (χ2v) is 7.18. The van der Waals surface area contributed by atoms with E-state index in [2.05, 4.69) is 5.32 Å². The fourth-order valence-corrected chi connectivity index (χ4v) is 2.90. The molecule has 0 aliphatic heterocycles. The molecule has 1 amide bonds. The first-order valence-electron chi connectivity index (χ1n) is 6.85. The van der Waals surface area contributed by atoms with Gasteiger partial charge in [0.05, 0.1) is 16.1 Å². The van der Waals surface area contributed by atoms with Gasteiger partial charge in [0.25, 0.3) is 5.56 Å². The lowest BCUT2D eigenvalue weighted by Gasteiger charge is -2.12. The van der Waals surface area contributed by atoms with Gasteiger partial charge in [-0.25, -0.2) is 8.42 Å². The first kappa shape index (κ1) is 18.7. The topological polar surface area (TPSA) is 85.2 Å². The Bertz CT molecular complexity index is 965. The van der Waals surface area contributed by atoms with Gasteiger partial charge in [0, 0.05) is 18.5 Å². The SMILES string of the molecule is CS(=O)(=O)c1ccccc1NC(=O)Cn1cc(C(F)(F)F)ccc1=O. The van der Waals surface area contributed by atoms with Crippen molar-refractivity contribution in [2.75, 3.05) is 11.6 Å². The minimum atomic E-state index is -4.66. The number of carbonyl (C=O) groups excluding carboxylic acids is 1. The van der Waals surface area contributed by atoms with E-state index in [0.29, 0.717) is 22.9 Å². The number of carbonyl (C=O) groups is 1. The summed E-state index contributed by atoms with van der Waals surface area (Å²) in [6.07, 6.45) is -3.17. The molecule has 0 aliphatic carbocycles. The number of nitrogens with zero attached hydrogens (tertiary/aromatic N) is 1. The summed E-state index contributed by atoms with van der Waals surface area (Å²) in [5.74, 6) is -0.836. The molecule has 0 unspecified atom stereocenters. The standard InChI is InChI=1S/C15H13F3N2O4S/c1-25(23,24)12-5-3-2-4-11(12)19-13(21)9-20-8-10(15(16,17)18)6-7-14(20)22/h2-8H,9H2,1H3,(H,19,21). The van der Waals surface area contributed by atoms with Gasteiger partial charge in [-0.3, -0.25) is 9.59 Å². The van der Waals surface area contributed by atoms with Crippen molar-refractivity contribution in [3.05, 3.63) is 58.5 Å². The van der Waals surface area contributed by atoms with E-state index in [-0.39, 0.29) is 10.6 Å². The van der Waals surface area contributed by atoms with Crippen molar-refractivity contribution in [1.29, 1.82) is 0 Å². The largest absolute Gasteiger partial charge is 0.417 e. The number of para-hydroxylation sites is 1. The number of anilines is 1. The molecule has 6 nitrogen and oxygen atoms in total. The number of rotatable bonds is 4. The lowest BCUT2D eigenvalue weighted by molar-refractivity contribution is -0.138.